The van der Waals surface area contributed by atoms with Crippen molar-refractivity contribution < 1.29 is 13.2 Å². The standard InChI is InChI=1S/C31H27F3/c1-3-6-21(2)27-8-5-4-7-24(27)13-9-22-11-17-28-26(19-22)16-15-25(31(28)34)14-10-23-12-18-29(32)30(33)20-23/h4-5,7-8,11-12,15-21H,3,6,9,13H2,1-2H3. The highest BCUT2D eigenvalue weighted by molar-refractivity contribution is 5.85. The Morgan fingerprint density at radius 1 is 0.794 bits per heavy atom. The minimum Gasteiger partial charge on any atom is -0.205 e. The summed E-state index contributed by atoms with van der Waals surface area (Å²) in [5.41, 5.74) is 4.47. The smallest absolute Gasteiger partial charge is 0.160 e. The summed E-state index contributed by atoms with van der Waals surface area (Å²) in [6, 6.07) is 21.3. The van der Waals surface area contributed by atoms with E-state index in [1.54, 1.807) is 12.1 Å². The van der Waals surface area contributed by atoms with Gasteiger partial charge >= 0.3 is 0 Å². The van der Waals surface area contributed by atoms with E-state index >= 15 is 4.39 Å². The van der Waals surface area contributed by atoms with Gasteiger partial charge in [0.05, 0.1) is 5.56 Å². The van der Waals surface area contributed by atoms with E-state index in [-0.39, 0.29) is 5.56 Å². The van der Waals surface area contributed by atoms with Gasteiger partial charge in [0.1, 0.15) is 5.82 Å². The van der Waals surface area contributed by atoms with Gasteiger partial charge in [-0.15, -0.1) is 0 Å². The lowest BCUT2D eigenvalue weighted by Crippen LogP contribution is -2.01. The van der Waals surface area contributed by atoms with Crippen LogP contribution in [-0.4, -0.2) is 0 Å². The molecule has 0 N–H and O–H groups in total. The molecule has 0 heterocycles. The Morgan fingerprint density at radius 2 is 1.62 bits per heavy atom. The van der Waals surface area contributed by atoms with E-state index in [0.717, 1.165) is 35.9 Å². The van der Waals surface area contributed by atoms with E-state index in [1.165, 1.54) is 30.0 Å². The molecule has 0 aromatic heterocycles. The Hall–Kier alpha value is -3.51. The number of aryl methyl sites for hydroxylation is 2. The molecule has 0 aliphatic heterocycles. The Labute approximate surface area is 199 Å². The topological polar surface area (TPSA) is 0 Å². The van der Waals surface area contributed by atoms with Crippen LogP contribution in [0.4, 0.5) is 13.2 Å². The summed E-state index contributed by atoms with van der Waals surface area (Å²) < 4.78 is 41.5. The van der Waals surface area contributed by atoms with Crippen LogP contribution < -0.4 is 0 Å². The van der Waals surface area contributed by atoms with Crippen molar-refractivity contribution in [1.82, 2.24) is 0 Å². The third-order valence-corrected chi connectivity index (χ3v) is 6.27. The van der Waals surface area contributed by atoms with Crippen LogP contribution in [0.1, 0.15) is 60.4 Å². The second-order valence-corrected chi connectivity index (χ2v) is 8.75. The first-order chi connectivity index (χ1) is 16.5. The molecule has 0 saturated heterocycles. The van der Waals surface area contributed by atoms with Crippen LogP contribution in [0.15, 0.2) is 72.8 Å². The van der Waals surface area contributed by atoms with Crippen LogP contribution in [0, 0.1) is 29.3 Å². The minimum absolute atomic E-state index is 0.226. The third kappa shape index (κ3) is 5.34. The molecule has 0 nitrogen and oxygen atoms in total. The number of benzene rings is 4. The first-order valence-corrected chi connectivity index (χ1v) is 11.7. The molecule has 3 heteroatoms. The fraction of sp³-hybridized carbons (Fsp3) is 0.226. The Balaban J connectivity index is 1.54. The van der Waals surface area contributed by atoms with Gasteiger partial charge in [-0.25, -0.2) is 13.2 Å². The summed E-state index contributed by atoms with van der Waals surface area (Å²) in [6.45, 7) is 4.50. The van der Waals surface area contributed by atoms with Crippen LogP contribution in [0.5, 0.6) is 0 Å². The lowest BCUT2D eigenvalue weighted by molar-refractivity contribution is 0.508. The molecular weight excluding hydrogens is 429 g/mol. The van der Waals surface area contributed by atoms with Gasteiger partial charge in [-0.05, 0) is 71.5 Å². The van der Waals surface area contributed by atoms with Crippen molar-refractivity contribution >= 4 is 10.8 Å². The molecule has 0 spiro atoms. The molecular formula is C31H27F3. The number of hydrogen-bond donors (Lipinski definition) is 0. The van der Waals surface area contributed by atoms with E-state index in [4.69, 9.17) is 0 Å². The molecule has 1 atom stereocenters. The van der Waals surface area contributed by atoms with Gasteiger partial charge in [0.25, 0.3) is 0 Å². The average Bonchev–Trinajstić information content (AvgIpc) is 2.84. The number of fused-ring (bicyclic) bond motifs is 1. The summed E-state index contributed by atoms with van der Waals surface area (Å²) in [7, 11) is 0. The molecule has 1 unspecified atom stereocenters. The van der Waals surface area contributed by atoms with E-state index in [2.05, 4.69) is 50.0 Å². The number of hydrogen-bond acceptors (Lipinski definition) is 0. The van der Waals surface area contributed by atoms with Crippen molar-refractivity contribution in [3.8, 4) is 11.8 Å². The van der Waals surface area contributed by atoms with Crippen LogP contribution >= 0.6 is 0 Å². The highest BCUT2D eigenvalue weighted by Crippen LogP contribution is 2.27. The van der Waals surface area contributed by atoms with Gasteiger partial charge < -0.3 is 0 Å². The van der Waals surface area contributed by atoms with Gasteiger partial charge in [-0.2, -0.15) is 0 Å². The van der Waals surface area contributed by atoms with Crippen molar-refractivity contribution in [3.05, 3.63) is 118 Å². The van der Waals surface area contributed by atoms with Gasteiger partial charge in [-0.1, -0.05) is 80.6 Å². The molecule has 0 fully saturated rings. The van der Waals surface area contributed by atoms with Gasteiger partial charge in [0.2, 0.25) is 0 Å². The second kappa shape index (κ2) is 10.6. The molecule has 4 aromatic rings. The lowest BCUT2D eigenvalue weighted by Gasteiger charge is -2.16. The molecule has 0 radical (unpaired) electrons. The molecule has 0 bridgehead atoms. The zero-order chi connectivity index (χ0) is 24.1. The first kappa shape index (κ1) is 23.6. The molecule has 4 rings (SSSR count). The number of rotatable bonds is 6. The second-order valence-electron chi connectivity index (χ2n) is 8.75. The Kier molecular flexibility index (Phi) is 7.38. The maximum atomic E-state index is 15.1. The van der Waals surface area contributed by atoms with Crippen LogP contribution in [0.3, 0.4) is 0 Å². The predicted octanol–water partition coefficient (Wildman–Crippen LogP) is 8.35. The number of halogens is 3. The molecule has 34 heavy (non-hydrogen) atoms. The Bertz CT molecular complexity index is 1370. The van der Waals surface area contributed by atoms with Crippen LogP contribution in [-0.2, 0) is 12.8 Å². The van der Waals surface area contributed by atoms with Crippen LogP contribution in [0.25, 0.3) is 10.8 Å². The van der Waals surface area contributed by atoms with Gasteiger partial charge in [-0.3, -0.25) is 0 Å². The summed E-state index contributed by atoms with van der Waals surface area (Å²) in [5.74, 6) is 3.68. The van der Waals surface area contributed by atoms with E-state index in [0.29, 0.717) is 16.9 Å². The highest BCUT2D eigenvalue weighted by atomic mass is 19.2. The largest absolute Gasteiger partial charge is 0.205 e. The summed E-state index contributed by atoms with van der Waals surface area (Å²) in [6.07, 6.45) is 4.16. The predicted molar refractivity (Wildman–Crippen MR) is 133 cm³/mol. The summed E-state index contributed by atoms with van der Waals surface area (Å²) in [5, 5.41) is 1.32. The van der Waals surface area contributed by atoms with Crippen LogP contribution in [0.2, 0.25) is 0 Å². The first-order valence-electron chi connectivity index (χ1n) is 11.7. The van der Waals surface area contributed by atoms with Gasteiger partial charge in [0, 0.05) is 10.9 Å². The Morgan fingerprint density at radius 3 is 2.41 bits per heavy atom. The van der Waals surface area contributed by atoms with E-state index in [9.17, 15) is 8.78 Å². The van der Waals surface area contributed by atoms with Crippen molar-refractivity contribution in [2.75, 3.05) is 0 Å². The molecule has 0 aliphatic carbocycles. The SMILES string of the molecule is CCCC(C)c1ccccc1CCc1ccc2c(F)c(C#Cc3ccc(F)c(F)c3)ccc2c1. The van der Waals surface area contributed by atoms with Crippen molar-refractivity contribution in [3.63, 3.8) is 0 Å². The van der Waals surface area contributed by atoms with Crippen molar-refractivity contribution in [1.29, 1.82) is 0 Å². The molecule has 4 aromatic carbocycles. The average molecular weight is 457 g/mol. The molecule has 0 amide bonds. The maximum Gasteiger partial charge on any atom is 0.160 e. The molecule has 0 saturated carbocycles. The summed E-state index contributed by atoms with van der Waals surface area (Å²) >= 11 is 0. The van der Waals surface area contributed by atoms with Gasteiger partial charge in [0.15, 0.2) is 11.6 Å². The normalized spacial score (nSPS) is 11.8. The summed E-state index contributed by atoms with van der Waals surface area (Å²) in [4.78, 5) is 0. The minimum atomic E-state index is -0.972. The fourth-order valence-corrected chi connectivity index (χ4v) is 4.42. The fourth-order valence-electron chi connectivity index (χ4n) is 4.42. The van der Waals surface area contributed by atoms with E-state index in [1.807, 2.05) is 18.2 Å². The zero-order valence-electron chi connectivity index (χ0n) is 19.5. The van der Waals surface area contributed by atoms with Crippen molar-refractivity contribution in [2.24, 2.45) is 0 Å². The van der Waals surface area contributed by atoms with E-state index < -0.39 is 17.5 Å². The zero-order valence-corrected chi connectivity index (χ0v) is 19.5. The molecule has 0 aliphatic rings. The highest BCUT2D eigenvalue weighted by Gasteiger charge is 2.11. The molecule has 172 valence electrons. The quantitative estimate of drug-likeness (QED) is 0.256. The maximum absolute atomic E-state index is 15.1. The lowest BCUT2D eigenvalue weighted by atomic mass is 9.89. The third-order valence-electron chi connectivity index (χ3n) is 6.27. The van der Waals surface area contributed by atoms with Crippen molar-refractivity contribution in [2.45, 2.75) is 45.4 Å². The monoisotopic (exact) mass is 456 g/mol.